The van der Waals surface area contributed by atoms with E-state index in [1.807, 2.05) is 67.2 Å². The van der Waals surface area contributed by atoms with Gasteiger partial charge in [0.25, 0.3) is 8.77 Å². The van der Waals surface area contributed by atoms with E-state index in [1.165, 1.54) is 47.4 Å². The Hall–Kier alpha value is -14.7. The number of aliphatic carboxylic acids is 7. The van der Waals surface area contributed by atoms with Crippen molar-refractivity contribution in [2.24, 2.45) is 17.6 Å². The standard InChI is InChI=1S/C83H109N19O29/c1-6-12-61-45(5)60(103)38-62(131-61)51(16-9-13-42(2)31-44(4)32-43(3)19-24-50-14-10-18-69(115)130-50)97-83(128)129-30-27-48-41-102(101-100-48)29-11-17-52(73(117)93-58(36-67(111)112)77(121)96-57(35-66(109)110)76(120)92-53(80(124)125)15-7-8-28-84)90-75(119)56(34-65(107)108)95-78(122)59(37-68(113)114)94-74(118)55(33-64(105)106)89-63(104)26-25-54(81(126)127)91-72(116)46-20-22-47(23-21-46)86-39-49-40-87-71-70(88-49)79(123)99-82(85)98-71/h6,9-10,12-13,16,18-24,32,40-41,44-45,50-62,86,103H,7-8,11,14-15,17,25-31,33-39,84H2,1-5H3,(H,89,104)(H,90,119)(H,91,116)(H,92,120)(H,93,117)(H,94,118)(H,95,122)(H,96,121)(H,97,128)(H,105,106)(H,107,108)(H,109,110)(H,111,112)(H,113,114)(H,124,125)(H,126,127)(H3,85,87,98,99,123)/b12-6+,16-9+,24-19+,42-13+,43-32-/t44-,45+,50-,51-,52+,53+,54+,55-,56-,57+,58-,59-,60-,61+,62+/m1/s1/i/hD2. The van der Waals surface area contributed by atoms with Crippen LogP contribution >= 0.6 is 0 Å². The van der Waals surface area contributed by atoms with E-state index < -0.39 is 231 Å². The predicted octanol–water partition coefficient (Wildman–Crippen LogP) is -0.394. The topological polar surface area (TPSA) is 755 Å². The number of amides is 9. The van der Waals surface area contributed by atoms with Crippen LogP contribution in [0.5, 0.6) is 5.88 Å². The number of carboxylic acid groups (broad SMARTS) is 7. The Morgan fingerprint density at radius 3 is 1.79 bits per heavy atom. The number of unbranched alkanes of at least 4 members (excludes halogenated alkanes) is 1. The number of aliphatic hydroxyl groups excluding tert-OH is 1. The average Bonchev–Trinajstić information content (AvgIpc) is 1.04. The van der Waals surface area contributed by atoms with Crippen LogP contribution in [0.3, 0.4) is 0 Å². The van der Waals surface area contributed by atoms with Crippen molar-refractivity contribution < 1.29 is 142 Å². The van der Waals surface area contributed by atoms with Gasteiger partial charge in [0.05, 0.1) is 87.2 Å². The number of nitrogens with two attached hydrogens (primary N) is 2. The molecular formula is C83H109N19O29. The Kier molecular flexibility index (Phi) is 40.8. The Morgan fingerprint density at radius 2 is 1.23 bits per heavy atom. The molecule has 4 aromatic rings. The molecule has 1 fully saturated rings. The quantitative estimate of drug-likeness (QED) is 0.0116. The Balaban J connectivity index is 1.18. The summed E-state index contributed by atoms with van der Waals surface area (Å²) in [6, 6.07) is -12.3. The summed E-state index contributed by atoms with van der Waals surface area (Å²) in [5.41, 5.74) is 13.9. The van der Waals surface area contributed by atoms with Crippen molar-refractivity contribution in [3.05, 3.63) is 126 Å². The number of carbonyl (C=O) groups excluding carboxylic acids is 10. The summed E-state index contributed by atoms with van der Waals surface area (Å²) in [4.78, 5) is 240. The molecule has 0 bridgehead atoms. The second-order valence-electron chi connectivity index (χ2n) is 30.8. The molecule has 15 atom stereocenters. The summed E-state index contributed by atoms with van der Waals surface area (Å²) in [5.74, 6) is -24.6. The van der Waals surface area contributed by atoms with Crippen LogP contribution in [0.25, 0.3) is 14.0 Å². The number of carbonyl (C=O) groups is 17. The SMILES string of the molecule is [2H]OC(=O)C[C@H](NC(=O)[C@@H](CC(=O)O[2H])NC(=O)[C@H](CCCn1cc(CCOC(=O)N[C@H](/C=C/C=C(\C)C[C@@H](C)/C=C(C)\C=C\[C@H]2CC=CC(=O)O2)[C@@H]2C[C@@H](O)[C@H](C)[C@H](/C=C/C)O2)nn1)NC(=O)[C@@H](CC(=O)O)NC(=O)[C@@H](CC(=O)O)NC(=O)[C@@H](CC(=O)O)NC(=O)CC[C@H](NC(=O)c1ccc(NCc2cnc3nc(N)nc(O)c3n2)cc1)C(=O)O)C(=O)N[C@@H](CCCCN)C(=O)O. The Labute approximate surface area is 750 Å². The highest BCUT2D eigenvalue weighted by molar-refractivity contribution is 6.01. The minimum atomic E-state index is -2.40. The molecule has 1 saturated heterocycles. The van der Waals surface area contributed by atoms with E-state index in [0.29, 0.717) is 30.6 Å². The Morgan fingerprint density at radius 1 is 0.672 bits per heavy atom. The number of ether oxygens (including phenoxy) is 3. The maximum atomic E-state index is 14.7. The molecule has 1 aromatic carbocycles. The van der Waals surface area contributed by atoms with Crippen LogP contribution in [-0.4, -0.2) is 274 Å². The van der Waals surface area contributed by atoms with Gasteiger partial charge < -0.3 is 125 Å². The third-order valence-corrected chi connectivity index (χ3v) is 20.0. The molecule has 0 unspecified atom stereocenters. The van der Waals surface area contributed by atoms with Crippen molar-refractivity contribution in [1.29, 1.82) is 2.86 Å². The third kappa shape index (κ3) is 36.9. The summed E-state index contributed by atoms with van der Waals surface area (Å²) < 4.78 is 32.9. The first-order valence-corrected chi connectivity index (χ1v) is 41.4. The fourth-order valence-corrected chi connectivity index (χ4v) is 13.4. The molecule has 0 aliphatic carbocycles. The number of cyclic esters (lactones) is 1. The number of nitrogens with zero attached hydrogens (tertiary/aromatic N) is 7. The summed E-state index contributed by atoms with van der Waals surface area (Å²) in [6.45, 7) is 9.18. The number of benzene rings is 1. The van der Waals surface area contributed by atoms with E-state index in [0.717, 1.165) is 11.1 Å². The van der Waals surface area contributed by atoms with E-state index in [4.69, 9.17) is 28.5 Å². The van der Waals surface area contributed by atoms with Crippen LogP contribution in [0, 0.1) is 11.8 Å². The molecule has 6 rings (SSSR count). The van der Waals surface area contributed by atoms with E-state index in [2.05, 4.69) is 78.4 Å². The lowest BCUT2D eigenvalue weighted by Gasteiger charge is -2.39. The lowest BCUT2D eigenvalue weighted by Crippen LogP contribution is -2.60. The van der Waals surface area contributed by atoms with Crippen molar-refractivity contribution >= 4 is 124 Å². The zero-order chi connectivity index (χ0) is 98.1. The average molecular weight is 1840 g/mol. The van der Waals surface area contributed by atoms with Gasteiger partial charge in [0.1, 0.15) is 54.4 Å². The van der Waals surface area contributed by atoms with Crippen molar-refractivity contribution in [1.82, 2.24) is 82.8 Å². The number of aromatic hydroxyl groups is 1. The third-order valence-electron chi connectivity index (χ3n) is 20.0. The van der Waals surface area contributed by atoms with Crippen LogP contribution in [0.15, 0.2) is 109 Å². The minimum absolute atomic E-state index is 0.0266. The number of aromatic nitrogens is 7. The number of carboxylic acids is 7. The monoisotopic (exact) mass is 1840 g/mol. The predicted molar refractivity (Wildman–Crippen MR) is 456 cm³/mol. The number of alkyl carbamates (subject to hydrolysis) is 1. The molecule has 0 radical (unpaired) electrons. The maximum absolute atomic E-state index is 14.7. The highest BCUT2D eigenvalue weighted by Gasteiger charge is 2.40. The molecule has 48 heteroatoms. The van der Waals surface area contributed by atoms with Gasteiger partial charge in [0.15, 0.2) is 11.2 Å². The van der Waals surface area contributed by atoms with Gasteiger partial charge in [-0.2, -0.15) is 9.97 Å². The number of hydrogen-bond acceptors (Lipinski definition) is 33. The van der Waals surface area contributed by atoms with Gasteiger partial charge in [-0.05, 0) is 109 Å². The first kappa shape index (κ1) is 102. The van der Waals surface area contributed by atoms with Crippen LogP contribution in [0.1, 0.15) is 153 Å². The van der Waals surface area contributed by atoms with Crippen LogP contribution in [0.4, 0.5) is 16.4 Å². The molecule has 3 aromatic heterocycles. The lowest BCUT2D eigenvalue weighted by molar-refractivity contribution is -0.145. The fraction of sp³-hybridized carbons (Fsp3) is 0.482. The van der Waals surface area contributed by atoms with Gasteiger partial charge in [0.2, 0.25) is 53.2 Å². The molecule has 2 aliphatic rings. The van der Waals surface area contributed by atoms with Crippen LogP contribution < -0.4 is 64.6 Å². The maximum Gasteiger partial charge on any atom is 0.407 e. The molecule has 2 aliphatic heterocycles. The van der Waals surface area contributed by atoms with Crippen molar-refractivity contribution in [2.45, 2.75) is 229 Å². The summed E-state index contributed by atoms with van der Waals surface area (Å²) in [5, 5.41) is 110. The second kappa shape index (κ2) is 52.5. The minimum Gasteiger partial charge on any atom is -0.492 e. The van der Waals surface area contributed by atoms with Crippen LogP contribution in [-0.2, 0) is 106 Å². The molecule has 23 N–H and O–H groups in total. The summed E-state index contributed by atoms with van der Waals surface area (Å²) in [7, 11) is 0. The largest absolute Gasteiger partial charge is 0.492 e. The van der Waals surface area contributed by atoms with Gasteiger partial charge in [-0.3, -0.25) is 67.0 Å². The van der Waals surface area contributed by atoms with Gasteiger partial charge in [0, 0.05) is 61.7 Å². The fourth-order valence-electron chi connectivity index (χ4n) is 13.4. The summed E-state index contributed by atoms with van der Waals surface area (Å²) in [6.07, 6.45) is 9.72. The number of allylic oxidation sites excluding steroid dienone is 7. The van der Waals surface area contributed by atoms with E-state index in [1.54, 1.807) is 37.3 Å². The smallest absolute Gasteiger partial charge is 0.407 e. The van der Waals surface area contributed by atoms with Crippen molar-refractivity contribution in [3.63, 3.8) is 0 Å². The molecule has 710 valence electrons. The number of esters is 1. The number of anilines is 2. The van der Waals surface area contributed by atoms with Crippen molar-refractivity contribution in [2.75, 3.05) is 24.2 Å². The first-order valence-electron chi connectivity index (χ1n) is 42.2. The van der Waals surface area contributed by atoms with E-state index >= 15 is 0 Å². The molecule has 0 spiro atoms. The number of aryl methyl sites for hydroxylation is 1. The van der Waals surface area contributed by atoms with Gasteiger partial charge >= 0.3 is 53.8 Å². The number of fused-ring (bicyclic) bond motifs is 1. The van der Waals surface area contributed by atoms with Gasteiger partial charge in [-0.15, -0.1) is 5.10 Å². The zero-order valence-electron chi connectivity index (χ0n) is 73.9. The molecule has 48 nitrogen and oxygen atoms in total. The highest BCUT2D eigenvalue weighted by atomic mass is 16.6. The van der Waals surface area contributed by atoms with Crippen LogP contribution in [0.2, 0.25) is 0 Å². The molecular weight excluding hydrogens is 1730 g/mol. The second-order valence-corrected chi connectivity index (χ2v) is 30.8. The summed E-state index contributed by atoms with van der Waals surface area (Å²) >= 11 is 0. The zero-order valence-corrected chi connectivity index (χ0v) is 71.9. The molecule has 131 heavy (non-hydrogen) atoms. The molecule has 5 heterocycles. The first-order chi connectivity index (χ1) is 63.1. The number of rotatable bonds is 54. The Bertz CT molecular complexity index is 5010. The number of nitrogens with one attached hydrogen (secondary N) is 10. The van der Waals surface area contributed by atoms with E-state index in [9.17, 15) is 117 Å². The molecule has 9 amide bonds. The normalized spacial score (nSPS) is 18.2. The van der Waals surface area contributed by atoms with Gasteiger partial charge in [-0.1, -0.05) is 78.8 Å². The molecule has 0 saturated carbocycles. The number of nitrogen functional groups attached to an aromatic ring is 1. The van der Waals surface area contributed by atoms with Gasteiger partial charge in [-0.25, -0.2) is 29.1 Å². The highest BCUT2D eigenvalue weighted by Crippen LogP contribution is 2.29. The lowest BCUT2D eigenvalue weighted by atomic mass is 9.87. The number of hydrogen-bond donors (Lipinski definition) is 21. The van der Waals surface area contributed by atoms with Crippen molar-refractivity contribution in [3.8, 4) is 5.88 Å². The van der Waals surface area contributed by atoms with E-state index in [-0.39, 0.29) is 105 Å². The number of aliphatic hydroxyl groups is 1.